The van der Waals surface area contributed by atoms with Gasteiger partial charge >= 0.3 is 0 Å². The Morgan fingerprint density at radius 2 is 2.13 bits per heavy atom. The number of fused-ring (bicyclic) bond motifs is 3. The highest BCUT2D eigenvalue weighted by Crippen LogP contribution is 2.41. The number of nitrogens with one attached hydrogen (secondary N) is 1. The average molecular weight is 200 g/mol. The van der Waals surface area contributed by atoms with E-state index in [-0.39, 0.29) is 5.54 Å². The Hall–Kier alpha value is -1.15. The zero-order valence-corrected chi connectivity index (χ0v) is 9.25. The zero-order chi connectivity index (χ0) is 10.5. The summed E-state index contributed by atoms with van der Waals surface area (Å²) in [6, 6.07) is 8.53. The van der Waals surface area contributed by atoms with Gasteiger partial charge in [0.2, 0.25) is 0 Å². The smallest absolute Gasteiger partial charge is 0.0668 e. The first-order valence-electron chi connectivity index (χ1n) is 5.61. The lowest BCUT2D eigenvalue weighted by Crippen LogP contribution is -2.52. The molecule has 0 saturated carbocycles. The third kappa shape index (κ3) is 1.25. The number of hydrogen-bond acceptors (Lipinski definition) is 2. The number of hydrogen-bond donors (Lipinski definition) is 1. The van der Waals surface area contributed by atoms with E-state index in [1.807, 2.05) is 0 Å². The molecule has 1 saturated heterocycles. The van der Waals surface area contributed by atoms with Crippen molar-refractivity contribution in [1.29, 1.82) is 0 Å². The maximum Gasteiger partial charge on any atom is 0.0668 e. The van der Waals surface area contributed by atoms with Crippen molar-refractivity contribution in [3.63, 3.8) is 0 Å². The summed E-state index contributed by atoms with van der Waals surface area (Å²) in [6.45, 7) is 5.54. The number of benzene rings is 1. The molecule has 0 aliphatic carbocycles. The van der Waals surface area contributed by atoms with Crippen LogP contribution in [-0.4, -0.2) is 17.8 Å². The minimum atomic E-state index is 0.0575. The molecule has 1 atom stereocenters. The lowest BCUT2D eigenvalue weighted by molar-refractivity contribution is 0.445. The van der Waals surface area contributed by atoms with Gasteiger partial charge in [0, 0.05) is 11.6 Å². The molecule has 1 aromatic carbocycles. The number of rotatable bonds is 0. The monoisotopic (exact) mass is 200 g/mol. The van der Waals surface area contributed by atoms with Crippen LogP contribution < -0.4 is 5.32 Å². The van der Waals surface area contributed by atoms with Crippen LogP contribution in [0, 0.1) is 0 Å². The first-order valence-corrected chi connectivity index (χ1v) is 5.61. The van der Waals surface area contributed by atoms with Gasteiger partial charge in [-0.3, -0.25) is 4.99 Å². The van der Waals surface area contributed by atoms with E-state index in [0.717, 1.165) is 6.54 Å². The normalized spacial score (nSPS) is 26.8. The largest absolute Gasteiger partial charge is 0.307 e. The van der Waals surface area contributed by atoms with Crippen molar-refractivity contribution in [2.24, 2.45) is 4.99 Å². The molecule has 3 rings (SSSR count). The molecule has 1 aromatic rings. The zero-order valence-electron chi connectivity index (χ0n) is 9.25. The standard InChI is InChI=1S/C13H16N2/c1-13(2)12-10(7-8-14-13)9-5-3-4-6-11(9)15-12/h3-6,10,14H,7-8H2,1-2H3. The molecule has 1 fully saturated rings. The van der Waals surface area contributed by atoms with Crippen molar-refractivity contribution in [1.82, 2.24) is 5.32 Å². The molecule has 0 radical (unpaired) electrons. The summed E-state index contributed by atoms with van der Waals surface area (Å²) in [7, 11) is 0. The van der Waals surface area contributed by atoms with E-state index in [2.05, 4.69) is 43.4 Å². The summed E-state index contributed by atoms with van der Waals surface area (Å²) in [4.78, 5) is 4.78. The minimum absolute atomic E-state index is 0.0575. The summed E-state index contributed by atoms with van der Waals surface area (Å²) in [5.41, 5.74) is 3.97. The molecule has 1 unspecified atom stereocenters. The predicted molar refractivity (Wildman–Crippen MR) is 63.0 cm³/mol. The Labute approximate surface area is 90.4 Å². The fourth-order valence-corrected chi connectivity index (χ4v) is 2.73. The van der Waals surface area contributed by atoms with Gasteiger partial charge < -0.3 is 5.32 Å². The van der Waals surface area contributed by atoms with Crippen LogP contribution >= 0.6 is 0 Å². The van der Waals surface area contributed by atoms with E-state index in [1.165, 1.54) is 23.4 Å². The summed E-state index contributed by atoms with van der Waals surface area (Å²) < 4.78 is 0. The van der Waals surface area contributed by atoms with E-state index in [1.54, 1.807) is 0 Å². The van der Waals surface area contributed by atoms with Gasteiger partial charge in [-0.25, -0.2) is 0 Å². The molecule has 1 N–H and O–H groups in total. The Kier molecular flexibility index (Phi) is 1.77. The number of nitrogens with zero attached hydrogens (tertiary/aromatic N) is 1. The van der Waals surface area contributed by atoms with Gasteiger partial charge in [-0.05, 0) is 38.4 Å². The van der Waals surface area contributed by atoms with E-state index in [0.29, 0.717) is 5.92 Å². The molecule has 0 aromatic heterocycles. The van der Waals surface area contributed by atoms with Gasteiger partial charge in [0.15, 0.2) is 0 Å². The second-order valence-electron chi connectivity index (χ2n) is 4.95. The lowest BCUT2D eigenvalue weighted by atomic mass is 9.80. The van der Waals surface area contributed by atoms with Gasteiger partial charge in [0.25, 0.3) is 0 Å². The highest BCUT2D eigenvalue weighted by molar-refractivity contribution is 6.04. The fraction of sp³-hybridized carbons (Fsp3) is 0.462. The SMILES string of the molecule is CC1(C)NCCC2C1=Nc1ccccc12. The second kappa shape index (κ2) is 2.92. The molecule has 15 heavy (non-hydrogen) atoms. The lowest BCUT2D eigenvalue weighted by Gasteiger charge is -2.35. The number of piperidine rings is 1. The van der Waals surface area contributed by atoms with Gasteiger partial charge in [0.05, 0.1) is 11.2 Å². The number of para-hydroxylation sites is 1. The summed E-state index contributed by atoms with van der Waals surface area (Å²) in [6.07, 6.45) is 1.18. The average Bonchev–Trinajstić information content (AvgIpc) is 2.58. The fourth-order valence-electron chi connectivity index (χ4n) is 2.73. The maximum absolute atomic E-state index is 4.78. The Morgan fingerprint density at radius 1 is 1.33 bits per heavy atom. The van der Waals surface area contributed by atoms with Crippen molar-refractivity contribution in [3.05, 3.63) is 29.8 Å². The first-order chi connectivity index (χ1) is 7.18. The van der Waals surface area contributed by atoms with Crippen molar-refractivity contribution >= 4 is 11.4 Å². The quantitative estimate of drug-likeness (QED) is 0.684. The highest BCUT2D eigenvalue weighted by Gasteiger charge is 2.39. The molecule has 78 valence electrons. The number of aliphatic imine (C=N–C) groups is 1. The molecular weight excluding hydrogens is 184 g/mol. The molecule has 0 amide bonds. The first kappa shape index (κ1) is 9.10. The maximum atomic E-state index is 4.78. The van der Waals surface area contributed by atoms with Gasteiger partial charge in [-0.15, -0.1) is 0 Å². The van der Waals surface area contributed by atoms with Crippen molar-refractivity contribution in [2.45, 2.75) is 31.7 Å². The van der Waals surface area contributed by atoms with Gasteiger partial charge in [-0.2, -0.15) is 0 Å². The summed E-state index contributed by atoms with van der Waals surface area (Å²) >= 11 is 0. The van der Waals surface area contributed by atoms with Gasteiger partial charge in [-0.1, -0.05) is 18.2 Å². The summed E-state index contributed by atoms with van der Waals surface area (Å²) in [5, 5.41) is 3.53. The molecule has 2 aliphatic heterocycles. The van der Waals surface area contributed by atoms with E-state index < -0.39 is 0 Å². The Balaban J connectivity index is 2.12. The third-order valence-corrected chi connectivity index (χ3v) is 3.52. The van der Waals surface area contributed by atoms with Crippen LogP contribution in [0.4, 0.5) is 5.69 Å². The van der Waals surface area contributed by atoms with E-state index in [4.69, 9.17) is 4.99 Å². The molecular formula is C13H16N2. The van der Waals surface area contributed by atoms with Crippen LogP contribution in [0.1, 0.15) is 31.7 Å². The van der Waals surface area contributed by atoms with E-state index >= 15 is 0 Å². The van der Waals surface area contributed by atoms with Crippen LogP contribution in [0.15, 0.2) is 29.3 Å². The van der Waals surface area contributed by atoms with Gasteiger partial charge in [0.1, 0.15) is 0 Å². The molecule has 2 heteroatoms. The molecule has 2 nitrogen and oxygen atoms in total. The minimum Gasteiger partial charge on any atom is -0.307 e. The van der Waals surface area contributed by atoms with Crippen molar-refractivity contribution < 1.29 is 0 Å². The Morgan fingerprint density at radius 3 is 3.00 bits per heavy atom. The van der Waals surface area contributed by atoms with Crippen LogP contribution in [0.2, 0.25) is 0 Å². The van der Waals surface area contributed by atoms with E-state index in [9.17, 15) is 0 Å². The second-order valence-corrected chi connectivity index (χ2v) is 4.95. The van der Waals surface area contributed by atoms with Crippen molar-refractivity contribution in [3.8, 4) is 0 Å². The molecule has 0 spiro atoms. The van der Waals surface area contributed by atoms with Crippen molar-refractivity contribution in [2.75, 3.05) is 6.54 Å². The van der Waals surface area contributed by atoms with Crippen LogP contribution in [0.25, 0.3) is 0 Å². The van der Waals surface area contributed by atoms with Crippen LogP contribution in [0.3, 0.4) is 0 Å². The molecule has 2 heterocycles. The molecule has 0 bridgehead atoms. The van der Waals surface area contributed by atoms with Crippen LogP contribution in [0.5, 0.6) is 0 Å². The predicted octanol–water partition coefficient (Wildman–Crippen LogP) is 2.63. The third-order valence-electron chi connectivity index (χ3n) is 3.52. The summed E-state index contributed by atoms with van der Waals surface area (Å²) in [5.74, 6) is 0.553. The Bertz CT molecular complexity index is 432. The topological polar surface area (TPSA) is 24.4 Å². The highest BCUT2D eigenvalue weighted by atomic mass is 15.0. The molecule has 2 aliphatic rings. The van der Waals surface area contributed by atoms with Crippen LogP contribution in [-0.2, 0) is 0 Å².